The molecular formula is C19H23N3O3. The van der Waals surface area contributed by atoms with Gasteiger partial charge in [0.15, 0.2) is 0 Å². The summed E-state index contributed by atoms with van der Waals surface area (Å²) in [5.41, 5.74) is 0.315. The van der Waals surface area contributed by atoms with Crippen molar-refractivity contribution in [1.82, 2.24) is 14.8 Å². The number of amides is 1. The van der Waals surface area contributed by atoms with E-state index in [4.69, 9.17) is 0 Å². The Bertz CT molecular complexity index is 697. The highest BCUT2D eigenvalue weighted by molar-refractivity contribution is 5.83. The highest BCUT2D eigenvalue weighted by Gasteiger charge is 2.58. The first-order chi connectivity index (χ1) is 12.1. The molecule has 2 aliphatic heterocycles. The molecule has 1 aromatic rings. The largest absolute Gasteiger partial charge is 0.481 e. The summed E-state index contributed by atoms with van der Waals surface area (Å²) in [6.07, 6.45) is 9.18. The van der Waals surface area contributed by atoms with Crippen molar-refractivity contribution in [2.75, 3.05) is 26.2 Å². The third kappa shape index (κ3) is 2.84. The first kappa shape index (κ1) is 16.3. The molecule has 0 spiro atoms. The van der Waals surface area contributed by atoms with Gasteiger partial charge < -0.3 is 10.0 Å². The van der Waals surface area contributed by atoms with Gasteiger partial charge in [-0.25, -0.2) is 0 Å². The van der Waals surface area contributed by atoms with Gasteiger partial charge in [-0.1, -0.05) is 12.2 Å². The number of nitrogens with zero attached hydrogens (tertiary/aromatic N) is 3. The first-order valence-electron chi connectivity index (χ1n) is 8.87. The maximum absolute atomic E-state index is 12.7. The van der Waals surface area contributed by atoms with Gasteiger partial charge >= 0.3 is 5.97 Å². The van der Waals surface area contributed by atoms with Gasteiger partial charge in [-0.2, -0.15) is 0 Å². The number of carbonyl (C=O) groups is 2. The summed E-state index contributed by atoms with van der Waals surface area (Å²) in [5, 5.41) is 9.94. The Balaban J connectivity index is 1.46. The third-order valence-corrected chi connectivity index (χ3v) is 5.93. The Kier molecular flexibility index (Phi) is 4.07. The number of carbonyl (C=O) groups excluding carboxylic acids is 1. The van der Waals surface area contributed by atoms with E-state index >= 15 is 0 Å². The Labute approximate surface area is 147 Å². The van der Waals surface area contributed by atoms with Crippen LogP contribution in [-0.4, -0.2) is 57.9 Å². The standard InChI is InChI=1S/C19H23N3O3/c23-17(15-3-1-2-4-15)22-11-16-10-21(9-14-5-7-20-8-6-14)12-19(16,13-22)18(24)25/h1-2,5-8,15-16H,3-4,9-13H2,(H,24,25)/t16-,19-/m0/s1. The third-order valence-electron chi connectivity index (χ3n) is 5.93. The van der Waals surface area contributed by atoms with E-state index in [1.54, 1.807) is 17.3 Å². The van der Waals surface area contributed by atoms with Crippen LogP contribution < -0.4 is 0 Å². The van der Waals surface area contributed by atoms with Crippen LogP contribution in [0.4, 0.5) is 0 Å². The molecule has 1 aromatic heterocycles. The van der Waals surface area contributed by atoms with Crippen LogP contribution in [0.3, 0.4) is 0 Å². The minimum Gasteiger partial charge on any atom is -0.481 e. The number of carboxylic acids is 1. The molecule has 1 aliphatic carbocycles. The average Bonchev–Trinajstić information content (AvgIpc) is 3.29. The zero-order valence-electron chi connectivity index (χ0n) is 14.2. The molecule has 0 saturated carbocycles. The lowest BCUT2D eigenvalue weighted by molar-refractivity contribution is -0.149. The lowest BCUT2D eigenvalue weighted by Gasteiger charge is -2.27. The molecule has 1 amide bonds. The number of aromatic nitrogens is 1. The molecule has 25 heavy (non-hydrogen) atoms. The molecule has 0 bridgehead atoms. The van der Waals surface area contributed by atoms with Crippen LogP contribution in [0.2, 0.25) is 0 Å². The minimum atomic E-state index is -0.825. The highest BCUT2D eigenvalue weighted by Crippen LogP contribution is 2.44. The molecule has 0 aromatic carbocycles. The van der Waals surface area contributed by atoms with Gasteiger partial charge in [-0.05, 0) is 30.5 Å². The number of carboxylic acid groups (broad SMARTS) is 1. The van der Waals surface area contributed by atoms with E-state index in [1.807, 2.05) is 24.3 Å². The van der Waals surface area contributed by atoms with E-state index in [0.29, 0.717) is 19.6 Å². The molecule has 6 nitrogen and oxygen atoms in total. The SMILES string of the molecule is O=C(C1CC=CC1)N1C[C@@H]2CN(Cc3ccncc3)C[C@]2(C(=O)O)C1. The van der Waals surface area contributed by atoms with E-state index in [2.05, 4.69) is 9.88 Å². The average molecular weight is 341 g/mol. The molecule has 2 atom stereocenters. The molecular weight excluding hydrogens is 318 g/mol. The van der Waals surface area contributed by atoms with E-state index < -0.39 is 11.4 Å². The molecule has 2 saturated heterocycles. The molecule has 1 N–H and O–H groups in total. The monoisotopic (exact) mass is 341 g/mol. The number of hydrogen-bond donors (Lipinski definition) is 1. The second kappa shape index (κ2) is 6.26. The van der Waals surface area contributed by atoms with Crippen LogP contribution in [-0.2, 0) is 16.1 Å². The molecule has 2 fully saturated rings. The normalized spacial score (nSPS) is 29.3. The van der Waals surface area contributed by atoms with E-state index in [-0.39, 0.29) is 17.7 Å². The van der Waals surface area contributed by atoms with Crippen molar-refractivity contribution in [3.05, 3.63) is 42.2 Å². The molecule has 6 heteroatoms. The fraction of sp³-hybridized carbons (Fsp3) is 0.526. The molecule has 3 aliphatic rings. The fourth-order valence-electron chi connectivity index (χ4n) is 4.58. The lowest BCUT2D eigenvalue weighted by Crippen LogP contribution is -2.43. The lowest BCUT2D eigenvalue weighted by atomic mass is 9.81. The summed E-state index contributed by atoms with van der Waals surface area (Å²) < 4.78 is 0. The number of hydrogen-bond acceptors (Lipinski definition) is 4. The number of likely N-dealkylation sites (tertiary alicyclic amines) is 2. The van der Waals surface area contributed by atoms with Crippen LogP contribution in [0.15, 0.2) is 36.7 Å². The quantitative estimate of drug-likeness (QED) is 0.838. The van der Waals surface area contributed by atoms with Gasteiger partial charge in [0.05, 0.1) is 0 Å². The molecule has 132 valence electrons. The van der Waals surface area contributed by atoms with E-state index in [0.717, 1.165) is 31.5 Å². The fourth-order valence-corrected chi connectivity index (χ4v) is 4.58. The van der Waals surface area contributed by atoms with Crippen LogP contribution in [0.5, 0.6) is 0 Å². The van der Waals surface area contributed by atoms with Gasteiger partial charge in [-0.15, -0.1) is 0 Å². The first-order valence-corrected chi connectivity index (χ1v) is 8.87. The van der Waals surface area contributed by atoms with Gasteiger partial charge in [0.25, 0.3) is 0 Å². The van der Waals surface area contributed by atoms with Gasteiger partial charge in [0, 0.05) is 57.0 Å². The summed E-state index contributed by atoms with van der Waals surface area (Å²) in [6, 6.07) is 3.93. The summed E-state index contributed by atoms with van der Waals surface area (Å²) in [6.45, 7) is 2.86. The topological polar surface area (TPSA) is 73.7 Å². The van der Waals surface area contributed by atoms with Crippen molar-refractivity contribution < 1.29 is 14.7 Å². The van der Waals surface area contributed by atoms with Crippen LogP contribution in [0.1, 0.15) is 18.4 Å². The van der Waals surface area contributed by atoms with Crippen LogP contribution in [0.25, 0.3) is 0 Å². The van der Waals surface area contributed by atoms with E-state index in [1.165, 1.54) is 0 Å². The smallest absolute Gasteiger partial charge is 0.313 e. The Morgan fingerprint density at radius 2 is 1.88 bits per heavy atom. The van der Waals surface area contributed by atoms with Crippen LogP contribution in [0, 0.1) is 17.3 Å². The van der Waals surface area contributed by atoms with Crippen molar-refractivity contribution in [2.45, 2.75) is 19.4 Å². The zero-order valence-corrected chi connectivity index (χ0v) is 14.2. The maximum Gasteiger partial charge on any atom is 0.313 e. The minimum absolute atomic E-state index is 0.00477. The highest BCUT2D eigenvalue weighted by atomic mass is 16.4. The van der Waals surface area contributed by atoms with Crippen molar-refractivity contribution in [2.24, 2.45) is 17.3 Å². The number of rotatable bonds is 4. The van der Waals surface area contributed by atoms with Crippen molar-refractivity contribution >= 4 is 11.9 Å². The Morgan fingerprint density at radius 1 is 1.16 bits per heavy atom. The summed E-state index contributed by atoms with van der Waals surface area (Å²) in [4.78, 5) is 32.8. The second-order valence-electron chi connectivity index (χ2n) is 7.54. The number of pyridine rings is 1. The van der Waals surface area contributed by atoms with Gasteiger partial charge in [-0.3, -0.25) is 19.5 Å². The van der Waals surface area contributed by atoms with Gasteiger partial charge in [0.2, 0.25) is 5.91 Å². The summed E-state index contributed by atoms with van der Waals surface area (Å²) >= 11 is 0. The molecule has 0 radical (unpaired) electrons. The number of fused-ring (bicyclic) bond motifs is 1. The molecule has 3 heterocycles. The maximum atomic E-state index is 12.7. The Hall–Kier alpha value is -2.21. The van der Waals surface area contributed by atoms with Crippen LogP contribution >= 0.6 is 0 Å². The number of aliphatic carboxylic acids is 1. The molecule has 4 rings (SSSR count). The van der Waals surface area contributed by atoms with Crippen molar-refractivity contribution in [1.29, 1.82) is 0 Å². The predicted molar refractivity (Wildman–Crippen MR) is 91.5 cm³/mol. The van der Waals surface area contributed by atoms with Gasteiger partial charge in [0.1, 0.15) is 5.41 Å². The second-order valence-corrected chi connectivity index (χ2v) is 7.54. The van der Waals surface area contributed by atoms with E-state index in [9.17, 15) is 14.7 Å². The summed E-state index contributed by atoms with van der Waals surface area (Å²) in [5.74, 6) is -0.627. The molecule has 0 unspecified atom stereocenters. The Morgan fingerprint density at radius 3 is 2.52 bits per heavy atom. The number of allylic oxidation sites excluding steroid dienone is 2. The summed E-state index contributed by atoms with van der Waals surface area (Å²) in [7, 11) is 0. The van der Waals surface area contributed by atoms with Crippen molar-refractivity contribution in [3.63, 3.8) is 0 Å². The van der Waals surface area contributed by atoms with Crippen molar-refractivity contribution in [3.8, 4) is 0 Å². The predicted octanol–water partition coefficient (Wildman–Crippen LogP) is 1.39. The zero-order chi connectivity index (χ0) is 17.4.